The summed E-state index contributed by atoms with van der Waals surface area (Å²) >= 11 is 0. The zero-order chi connectivity index (χ0) is 13.7. The summed E-state index contributed by atoms with van der Waals surface area (Å²) in [7, 11) is 1.75. The topological polar surface area (TPSA) is 72.8 Å². The SMILES string of the molecule is CN(CCc1cc[nH]c1)C(=O)c1ccnc(C#N)c1. The largest absolute Gasteiger partial charge is 0.367 e. The van der Waals surface area contributed by atoms with E-state index in [0.717, 1.165) is 12.0 Å². The molecular formula is C14H14N4O. The van der Waals surface area contributed by atoms with Gasteiger partial charge in [0.25, 0.3) is 5.91 Å². The number of pyridine rings is 1. The first kappa shape index (κ1) is 12.8. The van der Waals surface area contributed by atoms with E-state index in [4.69, 9.17) is 5.26 Å². The Morgan fingerprint density at radius 2 is 2.37 bits per heavy atom. The van der Waals surface area contributed by atoms with Gasteiger partial charge in [-0.1, -0.05) is 0 Å². The van der Waals surface area contributed by atoms with Crippen molar-refractivity contribution < 1.29 is 4.79 Å². The van der Waals surface area contributed by atoms with Crippen LogP contribution < -0.4 is 0 Å². The number of rotatable bonds is 4. The number of nitrogens with zero attached hydrogens (tertiary/aromatic N) is 3. The fourth-order valence-corrected chi connectivity index (χ4v) is 1.76. The minimum Gasteiger partial charge on any atom is -0.367 e. The van der Waals surface area contributed by atoms with Crippen LogP contribution in [-0.2, 0) is 6.42 Å². The van der Waals surface area contributed by atoms with Crippen molar-refractivity contribution in [1.29, 1.82) is 5.26 Å². The van der Waals surface area contributed by atoms with Crippen LogP contribution in [0.2, 0.25) is 0 Å². The van der Waals surface area contributed by atoms with E-state index in [0.29, 0.717) is 12.1 Å². The van der Waals surface area contributed by atoms with Gasteiger partial charge in [-0.3, -0.25) is 4.79 Å². The molecule has 0 saturated heterocycles. The average Bonchev–Trinajstić information content (AvgIpc) is 2.97. The number of likely N-dealkylation sites (N-methyl/N-ethyl adjacent to an activating group) is 1. The number of nitrogens with one attached hydrogen (secondary N) is 1. The molecule has 96 valence electrons. The lowest BCUT2D eigenvalue weighted by Gasteiger charge is -2.16. The van der Waals surface area contributed by atoms with Gasteiger partial charge in [-0.2, -0.15) is 5.26 Å². The Morgan fingerprint density at radius 1 is 1.53 bits per heavy atom. The molecule has 2 rings (SSSR count). The van der Waals surface area contributed by atoms with Gasteiger partial charge in [0.2, 0.25) is 0 Å². The molecule has 0 atom stereocenters. The van der Waals surface area contributed by atoms with Crippen LogP contribution in [0.5, 0.6) is 0 Å². The van der Waals surface area contributed by atoms with Crippen LogP contribution in [0.25, 0.3) is 0 Å². The molecule has 2 aromatic rings. The van der Waals surface area contributed by atoms with E-state index in [1.54, 1.807) is 18.0 Å². The summed E-state index contributed by atoms with van der Waals surface area (Å²) in [4.78, 5) is 20.6. The molecule has 19 heavy (non-hydrogen) atoms. The Bertz CT molecular complexity index is 598. The fourth-order valence-electron chi connectivity index (χ4n) is 1.76. The van der Waals surface area contributed by atoms with Crippen molar-refractivity contribution in [2.24, 2.45) is 0 Å². The second kappa shape index (κ2) is 5.83. The van der Waals surface area contributed by atoms with E-state index in [1.807, 2.05) is 24.5 Å². The number of carbonyl (C=O) groups is 1. The third-order valence-electron chi connectivity index (χ3n) is 2.87. The van der Waals surface area contributed by atoms with Crippen LogP contribution in [0, 0.1) is 11.3 Å². The Balaban J connectivity index is 2.00. The number of aromatic nitrogens is 2. The number of amides is 1. The highest BCUT2D eigenvalue weighted by molar-refractivity contribution is 5.94. The van der Waals surface area contributed by atoms with Crippen molar-refractivity contribution in [2.75, 3.05) is 13.6 Å². The number of carbonyl (C=O) groups excluding carboxylic acids is 1. The van der Waals surface area contributed by atoms with Crippen LogP contribution in [-0.4, -0.2) is 34.4 Å². The van der Waals surface area contributed by atoms with E-state index in [-0.39, 0.29) is 11.6 Å². The van der Waals surface area contributed by atoms with Gasteiger partial charge in [-0.15, -0.1) is 0 Å². The summed E-state index contributed by atoms with van der Waals surface area (Å²) in [6, 6.07) is 7.04. The first-order valence-electron chi connectivity index (χ1n) is 5.94. The van der Waals surface area contributed by atoms with Gasteiger partial charge in [0.05, 0.1) is 0 Å². The van der Waals surface area contributed by atoms with Crippen molar-refractivity contribution in [3.05, 3.63) is 53.6 Å². The predicted octanol–water partition coefficient (Wildman–Crippen LogP) is 1.60. The zero-order valence-corrected chi connectivity index (χ0v) is 10.6. The molecule has 0 spiro atoms. The summed E-state index contributed by atoms with van der Waals surface area (Å²) in [5, 5.41) is 8.77. The lowest BCUT2D eigenvalue weighted by atomic mass is 10.2. The molecule has 1 N–H and O–H groups in total. The van der Waals surface area contributed by atoms with Crippen molar-refractivity contribution in [2.45, 2.75) is 6.42 Å². The molecule has 0 aliphatic rings. The van der Waals surface area contributed by atoms with Gasteiger partial charge in [0.1, 0.15) is 11.8 Å². The van der Waals surface area contributed by atoms with E-state index in [1.165, 1.54) is 12.3 Å². The standard InChI is InChI=1S/C14H14N4O/c1-18(7-4-11-2-5-16-10-11)14(19)12-3-6-17-13(8-12)9-15/h2-3,5-6,8,10,16H,4,7H2,1H3. The maximum Gasteiger partial charge on any atom is 0.253 e. The molecule has 1 amide bonds. The molecule has 0 aliphatic carbocycles. The van der Waals surface area contributed by atoms with Crippen molar-refractivity contribution >= 4 is 5.91 Å². The summed E-state index contributed by atoms with van der Waals surface area (Å²) < 4.78 is 0. The molecule has 5 nitrogen and oxygen atoms in total. The zero-order valence-electron chi connectivity index (χ0n) is 10.6. The van der Waals surface area contributed by atoms with Crippen LogP contribution >= 0.6 is 0 Å². The number of hydrogen-bond acceptors (Lipinski definition) is 3. The van der Waals surface area contributed by atoms with Gasteiger partial charge < -0.3 is 9.88 Å². The average molecular weight is 254 g/mol. The molecule has 2 aromatic heterocycles. The molecule has 5 heteroatoms. The van der Waals surface area contributed by atoms with E-state index in [9.17, 15) is 4.79 Å². The lowest BCUT2D eigenvalue weighted by molar-refractivity contribution is 0.0796. The van der Waals surface area contributed by atoms with Crippen molar-refractivity contribution in [3.8, 4) is 6.07 Å². The Kier molecular flexibility index (Phi) is 3.94. The fraction of sp³-hybridized carbons (Fsp3) is 0.214. The highest BCUT2D eigenvalue weighted by atomic mass is 16.2. The maximum atomic E-state index is 12.2. The molecule has 0 bridgehead atoms. The molecular weight excluding hydrogens is 240 g/mol. The molecule has 2 heterocycles. The van der Waals surface area contributed by atoms with Gasteiger partial charge in [0.15, 0.2) is 0 Å². The minimum atomic E-state index is -0.102. The van der Waals surface area contributed by atoms with Crippen LogP contribution in [0.1, 0.15) is 21.6 Å². The van der Waals surface area contributed by atoms with Gasteiger partial charge in [-0.05, 0) is 30.2 Å². The third-order valence-corrected chi connectivity index (χ3v) is 2.87. The quantitative estimate of drug-likeness (QED) is 0.900. The summed E-state index contributed by atoms with van der Waals surface area (Å²) in [5.41, 5.74) is 1.90. The Labute approximate surface area is 111 Å². The van der Waals surface area contributed by atoms with E-state index < -0.39 is 0 Å². The molecule has 0 radical (unpaired) electrons. The van der Waals surface area contributed by atoms with Crippen LogP contribution in [0.15, 0.2) is 36.8 Å². The Hall–Kier alpha value is -2.61. The second-order valence-corrected chi connectivity index (χ2v) is 4.24. The van der Waals surface area contributed by atoms with Gasteiger partial charge >= 0.3 is 0 Å². The molecule has 0 unspecified atom stereocenters. The highest BCUT2D eigenvalue weighted by Gasteiger charge is 2.12. The van der Waals surface area contributed by atoms with Gasteiger partial charge in [0, 0.05) is 37.7 Å². The molecule has 0 aliphatic heterocycles. The summed E-state index contributed by atoms with van der Waals surface area (Å²) in [5.74, 6) is -0.102. The lowest BCUT2D eigenvalue weighted by Crippen LogP contribution is -2.28. The summed E-state index contributed by atoms with van der Waals surface area (Å²) in [6.07, 6.45) is 6.05. The molecule has 0 fully saturated rings. The third kappa shape index (κ3) is 3.19. The second-order valence-electron chi connectivity index (χ2n) is 4.24. The van der Waals surface area contributed by atoms with Gasteiger partial charge in [-0.25, -0.2) is 4.98 Å². The summed E-state index contributed by atoms with van der Waals surface area (Å²) in [6.45, 7) is 0.626. The number of aromatic amines is 1. The normalized spacial score (nSPS) is 9.89. The Morgan fingerprint density at radius 3 is 3.05 bits per heavy atom. The van der Waals surface area contributed by atoms with E-state index in [2.05, 4.69) is 9.97 Å². The smallest absolute Gasteiger partial charge is 0.253 e. The number of nitriles is 1. The van der Waals surface area contributed by atoms with Crippen LogP contribution in [0.3, 0.4) is 0 Å². The van der Waals surface area contributed by atoms with Crippen LogP contribution in [0.4, 0.5) is 0 Å². The first-order chi connectivity index (χ1) is 9.20. The predicted molar refractivity (Wildman–Crippen MR) is 70.4 cm³/mol. The molecule has 0 saturated carbocycles. The highest BCUT2D eigenvalue weighted by Crippen LogP contribution is 2.06. The van der Waals surface area contributed by atoms with E-state index >= 15 is 0 Å². The number of H-pyrrole nitrogens is 1. The van der Waals surface area contributed by atoms with Crippen molar-refractivity contribution in [3.63, 3.8) is 0 Å². The minimum absolute atomic E-state index is 0.102. The maximum absolute atomic E-state index is 12.2. The van der Waals surface area contributed by atoms with Crippen molar-refractivity contribution in [1.82, 2.24) is 14.9 Å². The number of hydrogen-bond donors (Lipinski definition) is 1. The monoisotopic (exact) mass is 254 g/mol. The first-order valence-corrected chi connectivity index (χ1v) is 5.94. The molecule has 0 aromatic carbocycles.